The molecule has 9 nitrogen and oxygen atoms in total. The predicted octanol–water partition coefficient (Wildman–Crippen LogP) is 4.90. The van der Waals surface area contributed by atoms with E-state index in [4.69, 9.17) is 14.9 Å². The summed E-state index contributed by atoms with van der Waals surface area (Å²) >= 11 is 0. The Labute approximate surface area is 215 Å². The SMILES string of the molecule is CCCCCCCCCCCCCCCCN(CCO)C(=O)NC.C[N+](C)(C)CCOP(=O)(O)O. The first-order chi connectivity index (χ1) is 16.5. The minimum atomic E-state index is -4.26. The van der Waals surface area contributed by atoms with Crippen molar-refractivity contribution in [2.75, 3.05) is 61.0 Å². The molecule has 0 aliphatic rings. The molecular weight excluding hydrogens is 469 g/mol. The normalized spacial score (nSPS) is 11.7. The molecule has 0 saturated carbocycles. The average molecular weight is 527 g/mol. The Morgan fingerprint density at radius 3 is 1.60 bits per heavy atom. The van der Waals surface area contributed by atoms with Crippen molar-refractivity contribution in [2.24, 2.45) is 0 Å². The number of likely N-dealkylation sites (N-methyl/N-ethyl adjacent to an activating group) is 1. The highest BCUT2D eigenvalue weighted by Crippen LogP contribution is 2.35. The number of carbonyl (C=O) groups is 1. The number of unbranched alkanes of at least 4 members (excludes halogenated alkanes) is 13. The molecule has 0 aliphatic carbocycles. The van der Waals surface area contributed by atoms with Crippen LogP contribution in [-0.4, -0.2) is 91.3 Å². The number of urea groups is 1. The Hall–Kier alpha value is -0.700. The van der Waals surface area contributed by atoms with Crippen LogP contribution in [0.25, 0.3) is 0 Å². The topological polar surface area (TPSA) is 119 Å². The van der Waals surface area contributed by atoms with E-state index in [0.717, 1.165) is 13.0 Å². The van der Waals surface area contributed by atoms with E-state index in [0.29, 0.717) is 17.6 Å². The van der Waals surface area contributed by atoms with Crippen LogP contribution in [0.15, 0.2) is 0 Å². The molecule has 0 aromatic heterocycles. The highest BCUT2D eigenvalue weighted by Gasteiger charge is 2.16. The van der Waals surface area contributed by atoms with Crippen molar-refractivity contribution in [3.8, 4) is 0 Å². The molecule has 35 heavy (non-hydrogen) atoms. The van der Waals surface area contributed by atoms with E-state index in [9.17, 15) is 9.36 Å². The summed E-state index contributed by atoms with van der Waals surface area (Å²) in [5.74, 6) is 0. The summed E-state index contributed by atoms with van der Waals surface area (Å²) in [6, 6.07) is -0.0845. The molecule has 0 rings (SSSR count). The first kappa shape index (κ1) is 36.5. The number of rotatable bonds is 21. The third-order valence-corrected chi connectivity index (χ3v) is 6.19. The van der Waals surface area contributed by atoms with Gasteiger partial charge < -0.3 is 29.6 Å². The molecule has 0 atom stereocenters. The van der Waals surface area contributed by atoms with E-state index in [-0.39, 0.29) is 19.2 Å². The van der Waals surface area contributed by atoms with Gasteiger partial charge in [-0.1, -0.05) is 90.4 Å². The number of hydrogen-bond acceptors (Lipinski definition) is 4. The minimum absolute atomic E-state index is 0.0338. The Kier molecular flexibility index (Phi) is 24.7. The Balaban J connectivity index is 0. The zero-order chi connectivity index (χ0) is 27.0. The van der Waals surface area contributed by atoms with Crippen LogP contribution in [0.1, 0.15) is 96.8 Å². The van der Waals surface area contributed by atoms with Crippen molar-refractivity contribution in [2.45, 2.75) is 96.8 Å². The third-order valence-electron chi connectivity index (χ3n) is 5.67. The van der Waals surface area contributed by atoms with Gasteiger partial charge in [0.15, 0.2) is 0 Å². The van der Waals surface area contributed by atoms with Crippen molar-refractivity contribution in [3.05, 3.63) is 0 Å². The van der Waals surface area contributed by atoms with Gasteiger partial charge in [0.2, 0.25) is 0 Å². The number of hydrogen-bond donors (Lipinski definition) is 4. The van der Waals surface area contributed by atoms with E-state index in [2.05, 4.69) is 16.8 Å². The Morgan fingerprint density at radius 1 is 0.829 bits per heavy atom. The average Bonchev–Trinajstić information content (AvgIpc) is 2.76. The van der Waals surface area contributed by atoms with Gasteiger partial charge in [0.1, 0.15) is 13.2 Å². The van der Waals surface area contributed by atoms with Crippen molar-refractivity contribution < 1.29 is 33.3 Å². The fourth-order valence-corrected chi connectivity index (χ4v) is 3.84. The summed E-state index contributed by atoms with van der Waals surface area (Å²) in [6.45, 7) is 4.13. The molecule has 4 N–H and O–H groups in total. The number of aliphatic hydroxyl groups is 1. The van der Waals surface area contributed by atoms with Crippen LogP contribution in [0.4, 0.5) is 4.79 Å². The van der Waals surface area contributed by atoms with Crippen LogP contribution >= 0.6 is 7.82 Å². The molecule has 0 heterocycles. The van der Waals surface area contributed by atoms with Crippen LogP contribution < -0.4 is 5.32 Å². The van der Waals surface area contributed by atoms with Gasteiger partial charge in [-0.15, -0.1) is 0 Å². The summed E-state index contributed by atoms with van der Waals surface area (Å²) in [5.41, 5.74) is 0. The molecule has 0 aromatic rings. The number of amides is 2. The van der Waals surface area contributed by atoms with Crippen molar-refractivity contribution in [1.29, 1.82) is 0 Å². The van der Waals surface area contributed by atoms with Crippen LogP contribution in [0.5, 0.6) is 0 Å². The van der Waals surface area contributed by atoms with Gasteiger partial charge in [-0.3, -0.25) is 4.52 Å². The molecule has 0 fully saturated rings. The molecule has 212 valence electrons. The Bertz CT molecular complexity index is 526. The number of phosphoric ester groups is 1. The molecule has 0 bridgehead atoms. The monoisotopic (exact) mass is 526 g/mol. The van der Waals surface area contributed by atoms with Crippen LogP contribution in [-0.2, 0) is 9.09 Å². The molecule has 0 spiro atoms. The van der Waals surface area contributed by atoms with E-state index >= 15 is 0 Å². The second-order valence-corrected chi connectivity index (χ2v) is 11.4. The molecule has 0 aromatic carbocycles. The summed E-state index contributed by atoms with van der Waals surface area (Å²) < 4.78 is 15.1. The van der Waals surface area contributed by atoms with Gasteiger partial charge in [-0.25, -0.2) is 9.36 Å². The van der Waals surface area contributed by atoms with E-state index in [1.165, 1.54) is 83.5 Å². The highest BCUT2D eigenvalue weighted by molar-refractivity contribution is 7.46. The maximum atomic E-state index is 11.6. The number of carbonyl (C=O) groups excluding carboxylic acids is 1. The van der Waals surface area contributed by atoms with Crippen LogP contribution in [0, 0.1) is 0 Å². The minimum Gasteiger partial charge on any atom is -0.395 e. The van der Waals surface area contributed by atoms with Crippen molar-refractivity contribution in [1.82, 2.24) is 10.2 Å². The van der Waals surface area contributed by atoms with Gasteiger partial charge in [0.05, 0.1) is 27.7 Å². The number of quaternary nitrogens is 1. The first-order valence-electron chi connectivity index (χ1n) is 13.5. The maximum Gasteiger partial charge on any atom is 0.469 e. The van der Waals surface area contributed by atoms with E-state index in [1.807, 2.05) is 21.1 Å². The number of nitrogens with one attached hydrogen (secondary N) is 1. The smallest absolute Gasteiger partial charge is 0.395 e. The van der Waals surface area contributed by atoms with Gasteiger partial charge in [0, 0.05) is 20.1 Å². The van der Waals surface area contributed by atoms with Crippen molar-refractivity contribution >= 4 is 13.9 Å². The second kappa shape index (κ2) is 23.7. The largest absolute Gasteiger partial charge is 0.469 e. The quantitative estimate of drug-likeness (QED) is 0.0959. The molecule has 10 heteroatoms. The lowest BCUT2D eigenvalue weighted by Gasteiger charge is -2.23. The molecule has 2 amide bonds. The van der Waals surface area contributed by atoms with Gasteiger partial charge in [-0.2, -0.15) is 0 Å². The van der Waals surface area contributed by atoms with Gasteiger partial charge in [0.25, 0.3) is 0 Å². The zero-order valence-corrected chi connectivity index (χ0v) is 24.2. The van der Waals surface area contributed by atoms with Crippen LogP contribution in [0.2, 0.25) is 0 Å². The summed E-state index contributed by atoms with van der Waals surface area (Å²) in [5, 5.41) is 11.6. The number of nitrogens with zero attached hydrogens (tertiary/aromatic N) is 2. The van der Waals surface area contributed by atoms with Crippen LogP contribution in [0.3, 0.4) is 0 Å². The fourth-order valence-electron chi connectivity index (χ4n) is 3.52. The van der Waals surface area contributed by atoms with E-state index < -0.39 is 7.82 Å². The number of phosphoric acid groups is 1. The molecule has 0 unspecified atom stereocenters. The fraction of sp³-hybridized carbons (Fsp3) is 0.960. The number of aliphatic hydroxyl groups excluding tert-OH is 1. The molecule has 0 saturated heterocycles. The third kappa shape index (κ3) is 31.3. The lowest BCUT2D eigenvalue weighted by molar-refractivity contribution is -0.870. The predicted molar refractivity (Wildman–Crippen MR) is 144 cm³/mol. The lowest BCUT2D eigenvalue weighted by atomic mass is 10.0. The van der Waals surface area contributed by atoms with Gasteiger partial charge >= 0.3 is 13.9 Å². The Morgan fingerprint density at radius 2 is 1.26 bits per heavy atom. The maximum absolute atomic E-state index is 11.6. The standard InChI is InChI=1S/C20H42N2O2.C5H14NO4P/c1-3-4-5-6-7-8-9-10-11-12-13-14-15-16-17-22(18-19-23)20(24)21-2;1-6(2,3)4-5-10-11(7,8)9/h23H,3-19H2,1-2H3,(H,21,24);4-5H2,1-3H3,(H-,7,8,9)/p+1. The van der Waals surface area contributed by atoms with E-state index in [1.54, 1.807) is 11.9 Å². The van der Waals surface area contributed by atoms with Crippen molar-refractivity contribution in [3.63, 3.8) is 0 Å². The highest BCUT2D eigenvalue weighted by atomic mass is 31.2. The summed E-state index contributed by atoms with van der Waals surface area (Å²) in [4.78, 5) is 29.9. The summed E-state index contributed by atoms with van der Waals surface area (Å²) in [7, 11) is 3.13. The second-order valence-electron chi connectivity index (χ2n) is 10.2. The zero-order valence-electron chi connectivity index (χ0n) is 23.3. The van der Waals surface area contributed by atoms with Gasteiger partial charge in [-0.05, 0) is 6.42 Å². The first-order valence-corrected chi connectivity index (χ1v) is 15.1. The molecular formula is C25H57N3O6P+. The summed E-state index contributed by atoms with van der Waals surface area (Å²) in [6.07, 6.45) is 18.8. The molecule has 0 aliphatic heterocycles. The molecule has 0 radical (unpaired) electrons. The lowest BCUT2D eigenvalue weighted by Crippen LogP contribution is -2.40.